The number of hydrogen-bond acceptors (Lipinski definition) is 2. The summed E-state index contributed by atoms with van der Waals surface area (Å²) in [6, 6.07) is 0. The van der Waals surface area contributed by atoms with E-state index in [1.807, 2.05) is 14.1 Å². The number of rotatable bonds is 2. The molecule has 3 N–H and O–H groups in total. The Hall–Kier alpha value is 0.360. The molecule has 0 saturated heterocycles. The normalized spacial score (nSPS) is 9.75. The molecule has 8 heavy (non-hydrogen) atoms. The zero-order valence-corrected chi connectivity index (χ0v) is 6.64. The Bertz CT molecular complexity index is 43.3. The highest BCUT2D eigenvalue weighted by Gasteiger charge is 1.99. The first kappa shape index (κ1) is 11.2. The van der Waals surface area contributed by atoms with Gasteiger partial charge in [-0.15, -0.1) is 0 Å². The quantitative estimate of drug-likeness (QED) is 0.376. The highest BCUT2D eigenvalue weighted by Crippen LogP contribution is 1.59. The Labute approximate surface area is 59.7 Å². The van der Waals surface area contributed by atoms with Crippen LogP contribution >= 0.6 is 0 Å². The van der Waals surface area contributed by atoms with Gasteiger partial charge in [0.15, 0.2) is 0 Å². The summed E-state index contributed by atoms with van der Waals surface area (Å²) >= 11 is 0. The van der Waals surface area contributed by atoms with Gasteiger partial charge in [-0.2, -0.15) is 0 Å². The largest absolute Gasteiger partial charge is 1.00 e. The number of likely N-dealkylation sites (N-methyl/N-ethyl adjacent to an activating group) is 1. The Kier molecular flexibility index (Phi) is 7.69. The summed E-state index contributed by atoms with van der Waals surface area (Å²) in [5.41, 5.74) is 0. The van der Waals surface area contributed by atoms with E-state index >= 15 is 0 Å². The van der Waals surface area contributed by atoms with Crippen molar-refractivity contribution in [2.45, 2.75) is 6.29 Å². The minimum absolute atomic E-state index is 0. The minimum Gasteiger partial charge on any atom is -1.00 e. The smallest absolute Gasteiger partial charge is 0.202 e. The molecule has 0 aromatic carbocycles. The summed E-state index contributed by atoms with van der Waals surface area (Å²) < 4.78 is 0. The predicted octanol–water partition coefficient (Wildman–Crippen LogP) is -5.55. The maximum Gasteiger partial charge on any atom is 0.202 e. The first-order valence-electron chi connectivity index (χ1n) is 2.28. The lowest BCUT2D eigenvalue weighted by Gasteiger charge is -2.06. The lowest BCUT2D eigenvalue weighted by atomic mass is 10.6. The predicted molar refractivity (Wildman–Crippen MR) is 25.9 cm³/mol. The molecule has 4 heteroatoms. The molecule has 0 heterocycles. The summed E-state index contributed by atoms with van der Waals surface area (Å²) in [5.74, 6) is 0. The summed E-state index contributed by atoms with van der Waals surface area (Å²) in [6.07, 6.45) is -1.16. The van der Waals surface area contributed by atoms with Gasteiger partial charge in [0.2, 0.25) is 6.29 Å². The fourth-order valence-corrected chi connectivity index (χ4v) is 0.365. The molecule has 0 aromatic heterocycles. The molecular weight excluding hydrogens is 174 g/mol. The molecule has 0 aromatic rings. The Morgan fingerprint density at radius 2 is 1.75 bits per heavy atom. The molecular formula is C4H12BrNO2. The maximum atomic E-state index is 8.26. The van der Waals surface area contributed by atoms with Crippen LogP contribution in [0.4, 0.5) is 0 Å². The second kappa shape index (κ2) is 5.50. The molecule has 0 saturated carbocycles. The van der Waals surface area contributed by atoms with Crippen molar-refractivity contribution in [3.63, 3.8) is 0 Å². The summed E-state index contributed by atoms with van der Waals surface area (Å²) in [4.78, 5) is 1.04. The van der Waals surface area contributed by atoms with E-state index in [9.17, 15) is 0 Å². The summed E-state index contributed by atoms with van der Waals surface area (Å²) in [7, 11) is 3.72. The van der Waals surface area contributed by atoms with Crippen molar-refractivity contribution < 1.29 is 32.1 Å². The second-order valence-corrected chi connectivity index (χ2v) is 1.89. The third-order valence-electron chi connectivity index (χ3n) is 0.591. The van der Waals surface area contributed by atoms with Crippen LogP contribution in [0.1, 0.15) is 0 Å². The topological polar surface area (TPSA) is 44.9 Å². The molecule has 0 radical (unpaired) electrons. The fourth-order valence-electron chi connectivity index (χ4n) is 0.365. The summed E-state index contributed by atoms with van der Waals surface area (Å²) in [6.45, 7) is 0.389. The molecule has 0 unspecified atom stereocenters. The van der Waals surface area contributed by atoms with Crippen LogP contribution in [0.25, 0.3) is 0 Å². The molecule has 0 aliphatic heterocycles. The summed E-state index contributed by atoms with van der Waals surface area (Å²) in [5, 5.41) is 16.5. The maximum absolute atomic E-state index is 8.26. The van der Waals surface area contributed by atoms with Gasteiger partial charge in [0.1, 0.15) is 6.54 Å². The first-order chi connectivity index (χ1) is 3.13. The minimum atomic E-state index is -1.16. The van der Waals surface area contributed by atoms with Crippen LogP contribution in [-0.2, 0) is 0 Å². The number of halogens is 1. The van der Waals surface area contributed by atoms with Gasteiger partial charge >= 0.3 is 0 Å². The van der Waals surface area contributed by atoms with Crippen LogP contribution in [0.5, 0.6) is 0 Å². The van der Waals surface area contributed by atoms with Crippen molar-refractivity contribution in [3.05, 3.63) is 0 Å². The van der Waals surface area contributed by atoms with Gasteiger partial charge in [0.05, 0.1) is 14.1 Å². The lowest BCUT2D eigenvalue weighted by Crippen LogP contribution is -3.07. The molecule has 0 aliphatic carbocycles. The molecule has 0 amide bonds. The van der Waals surface area contributed by atoms with Gasteiger partial charge in [-0.05, 0) is 0 Å². The Balaban J connectivity index is 0. The van der Waals surface area contributed by atoms with E-state index < -0.39 is 6.29 Å². The van der Waals surface area contributed by atoms with Crippen molar-refractivity contribution >= 4 is 0 Å². The van der Waals surface area contributed by atoms with Crippen LogP contribution in [0, 0.1) is 0 Å². The molecule has 0 atom stereocenters. The van der Waals surface area contributed by atoms with Crippen molar-refractivity contribution in [1.82, 2.24) is 0 Å². The molecule has 0 spiro atoms. The zero-order valence-electron chi connectivity index (χ0n) is 5.06. The SMILES string of the molecule is C[NH+](C)CC(O)O.[Br-]. The van der Waals surface area contributed by atoms with Gasteiger partial charge < -0.3 is 32.1 Å². The number of hydrogen-bond donors (Lipinski definition) is 3. The fraction of sp³-hybridized carbons (Fsp3) is 1.00. The lowest BCUT2D eigenvalue weighted by molar-refractivity contribution is -0.865. The van der Waals surface area contributed by atoms with Gasteiger partial charge in [-0.25, -0.2) is 0 Å². The van der Waals surface area contributed by atoms with E-state index in [1.54, 1.807) is 0 Å². The monoisotopic (exact) mass is 185 g/mol. The Morgan fingerprint density at radius 3 is 1.75 bits per heavy atom. The van der Waals surface area contributed by atoms with E-state index in [4.69, 9.17) is 10.2 Å². The molecule has 0 rings (SSSR count). The van der Waals surface area contributed by atoms with E-state index in [0.717, 1.165) is 4.90 Å². The number of aliphatic hydroxyl groups excluding tert-OH is 1. The number of nitrogens with one attached hydrogen (secondary N) is 1. The molecule has 0 bridgehead atoms. The van der Waals surface area contributed by atoms with E-state index in [1.165, 1.54) is 0 Å². The second-order valence-electron chi connectivity index (χ2n) is 1.89. The van der Waals surface area contributed by atoms with E-state index in [-0.39, 0.29) is 17.0 Å². The van der Waals surface area contributed by atoms with Crippen LogP contribution in [-0.4, -0.2) is 37.1 Å². The van der Waals surface area contributed by atoms with Crippen LogP contribution < -0.4 is 21.9 Å². The highest BCUT2D eigenvalue weighted by molar-refractivity contribution is 4.22. The molecule has 3 nitrogen and oxygen atoms in total. The number of aliphatic hydroxyl groups is 2. The zero-order chi connectivity index (χ0) is 5.86. The van der Waals surface area contributed by atoms with Crippen molar-refractivity contribution in [1.29, 1.82) is 0 Å². The van der Waals surface area contributed by atoms with Crippen LogP contribution in [0.3, 0.4) is 0 Å². The van der Waals surface area contributed by atoms with Crippen LogP contribution in [0.15, 0.2) is 0 Å². The molecule has 0 aliphatic rings. The Morgan fingerprint density at radius 1 is 1.38 bits per heavy atom. The average molecular weight is 186 g/mol. The van der Waals surface area contributed by atoms with Gasteiger partial charge in [-0.3, -0.25) is 0 Å². The van der Waals surface area contributed by atoms with E-state index in [2.05, 4.69) is 0 Å². The van der Waals surface area contributed by atoms with Gasteiger partial charge in [0.25, 0.3) is 0 Å². The van der Waals surface area contributed by atoms with Gasteiger partial charge in [-0.1, -0.05) is 0 Å². The average Bonchev–Trinajstić information content (AvgIpc) is 1.27. The standard InChI is InChI=1S/C4H11NO2.BrH/c1-5(2)3-4(6)7;/h4,6-7H,3H2,1-2H3;1H. The third-order valence-corrected chi connectivity index (χ3v) is 0.591. The third kappa shape index (κ3) is 9.61. The first-order valence-corrected chi connectivity index (χ1v) is 2.28. The van der Waals surface area contributed by atoms with Crippen molar-refractivity contribution in [2.24, 2.45) is 0 Å². The van der Waals surface area contributed by atoms with Crippen molar-refractivity contribution in [3.8, 4) is 0 Å². The van der Waals surface area contributed by atoms with Gasteiger partial charge in [0, 0.05) is 0 Å². The van der Waals surface area contributed by atoms with Crippen LogP contribution in [0.2, 0.25) is 0 Å². The molecule has 52 valence electrons. The van der Waals surface area contributed by atoms with E-state index in [0.29, 0.717) is 6.54 Å². The molecule has 0 fully saturated rings. The highest BCUT2D eigenvalue weighted by atomic mass is 79.9. The van der Waals surface area contributed by atoms with Crippen molar-refractivity contribution in [2.75, 3.05) is 20.6 Å². The number of quaternary nitrogens is 1.